The van der Waals surface area contributed by atoms with Crippen LogP contribution in [0.2, 0.25) is 0 Å². The Balaban J connectivity index is 1.54. The Hall–Kier alpha value is -0.410. The van der Waals surface area contributed by atoms with E-state index in [0.29, 0.717) is 29.6 Å². The van der Waals surface area contributed by atoms with E-state index in [1.807, 2.05) is 0 Å². The third kappa shape index (κ3) is 3.33. The molecule has 0 aromatic rings. The summed E-state index contributed by atoms with van der Waals surface area (Å²) in [4.78, 5) is 13.3. The monoisotopic (exact) mass is 418 g/mol. The molecule has 3 nitrogen and oxygen atoms in total. The molecule has 4 aliphatic carbocycles. The van der Waals surface area contributed by atoms with Gasteiger partial charge in [-0.2, -0.15) is 0 Å². The molecule has 0 spiro atoms. The molecule has 0 aliphatic heterocycles. The van der Waals surface area contributed by atoms with Crippen LogP contribution in [0.25, 0.3) is 0 Å². The third-order valence-electron chi connectivity index (χ3n) is 10.8. The summed E-state index contributed by atoms with van der Waals surface area (Å²) in [6.45, 7) is 11.9. The highest BCUT2D eigenvalue weighted by atomic mass is 16.3. The van der Waals surface area contributed by atoms with Gasteiger partial charge in [0.15, 0.2) is 5.78 Å². The fourth-order valence-corrected chi connectivity index (χ4v) is 9.04. The van der Waals surface area contributed by atoms with Crippen molar-refractivity contribution in [1.29, 1.82) is 0 Å². The molecule has 4 fully saturated rings. The van der Waals surface area contributed by atoms with Gasteiger partial charge in [-0.1, -0.05) is 53.9 Å². The quantitative estimate of drug-likeness (QED) is 0.596. The fraction of sp³-hybridized carbons (Fsp3) is 0.963. The molecule has 4 saturated carbocycles. The lowest BCUT2D eigenvalue weighted by Crippen LogP contribution is -2.67. The van der Waals surface area contributed by atoms with Crippen LogP contribution in [0.5, 0.6) is 0 Å². The Bertz CT molecular complexity index is 658. The summed E-state index contributed by atoms with van der Waals surface area (Å²) < 4.78 is 0. The summed E-state index contributed by atoms with van der Waals surface area (Å²) >= 11 is 0. The number of hydrogen-bond acceptors (Lipinski definition) is 3. The number of ketones is 1. The normalized spacial score (nSPS) is 49.5. The lowest BCUT2D eigenvalue weighted by Gasteiger charge is -2.63. The number of fused-ring (bicyclic) bond motifs is 5. The Morgan fingerprint density at radius 2 is 1.73 bits per heavy atom. The highest BCUT2D eigenvalue weighted by Crippen LogP contribution is 2.68. The zero-order chi connectivity index (χ0) is 21.9. The maximum absolute atomic E-state index is 13.3. The molecule has 2 N–H and O–H groups in total. The molecule has 172 valence electrons. The second kappa shape index (κ2) is 7.87. The number of carbonyl (C=O) groups is 1. The molecule has 9 atom stereocenters. The Kier molecular flexibility index (Phi) is 5.97. The summed E-state index contributed by atoms with van der Waals surface area (Å²) in [5.74, 6) is 3.87. The fourth-order valence-electron chi connectivity index (χ4n) is 9.04. The van der Waals surface area contributed by atoms with E-state index in [9.17, 15) is 15.0 Å². The van der Waals surface area contributed by atoms with Crippen molar-refractivity contribution >= 4 is 5.78 Å². The van der Waals surface area contributed by atoms with E-state index < -0.39 is 11.7 Å². The Morgan fingerprint density at radius 1 is 1.00 bits per heavy atom. The van der Waals surface area contributed by atoms with Crippen molar-refractivity contribution in [2.75, 3.05) is 0 Å². The second-order valence-corrected chi connectivity index (χ2v) is 12.7. The number of carbonyl (C=O) groups excluding carboxylic acids is 1. The van der Waals surface area contributed by atoms with E-state index in [0.717, 1.165) is 37.0 Å². The molecule has 0 aromatic heterocycles. The number of aliphatic hydroxyl groups excluding tert-OH is 1. The topological polar surface area (TPSA) is 57.5 Å². The van der Waals surface area contributed by atoms with Gasteiger partial charge in [-0.25, -0.2) is 0 Å². The standard InChI is InChI=1S/C27H46O3/c1-17(2)7-6-8-18(3)21-9-10-22-20-15-24(29)27(30)16-19(28)11-14-26(27,5)23(20)12-13-25(21,22)4/h17-23,28,30H,6-16H2,1-5H3/t18-,19+,20-,21+,22-,23-,25+,26-,27+/m1/s1. The highest BCUT2D eigenvalue weighted by molar-refractivity contribution is 5.89. The van der Waals surface area contributed by atoms with E-state index >= 15 is 0 Å². The average molecular weight is 419 g/mol. The first-order chi connectivity index (χ1) is 14.0. The van der Waals surface area contributed by atoms with Gasteiger partial charge in [0.2, 0.25) is 0 Å². The summed E-state index contributed by atoms with van der Waals surface area (Å²) in [5.41, 5.74) is -1.30. The van der Waals surface area contributed by atoms with E-state index in [1.165, 1.54) is 38.5 Å². The zero-order valence-electron chi connectivity index (χ0n) is 20.1. The highest BCUT2D eigenvalue weighted by Gasteiger charge is 2.67. The van der Waals surface area contributed by atoms with Gasteiger partial charge in [0.05, 0.1) is 6.10 Å². The van der Waals surface area contributed by atoms with E-state index in [4.69, 9.17) is 0 Å². The number of rotatable bonds is 5. The van der Waals surface area contributed by atoms with Crippen LogP contribution in [0.3, 0.4) is 0 Å². The van der Waals surface area contributed by atoms with Crippen LogP contribution in [-0.2, 0) is 4.79 Å². The van der Waals surface area contributed by atoms with Crippen molar-refractivity contribution < 1.29 is 15.0 Å². The van der Waals surface area contributed by atoms with Gasteiger partial charge in [-0.3, -0.25) is 4.79 Å². The van der Waals surface area contributed by atoms with E-state index in [1.54, 1.807) is 0 Å². The van der Waals surface area contributed by atoms with Gasteiger partial charge >= 0.3 is 0 Å². The van der Waals surface area contributed by atoms with Crippen molar-refractivity contribution in [1.82, 2.24) is 0 Å². The van der Waals surface area contributed by atoms with Crippen molar-refractivity contribution in [3.05, 3.63) is 0 Å². The maximum atomic E-state index is 13.3. The molecule has 0 amide bonds. The van der Waals surface area contributed by atoms with Crippen LogP contribution in [0, 0.1) is 46.3 Å². The van der Waals surface area contributed by atoms with E-state index in [2.05, 4.69) is 34.6 Å². The van der Waals surface area contributed by atoms with Crippen LogP contribution < -0.4 is 0 Å². The zero-order valence-corrected chi connectivity index (χ0v) is 20.1. The molecule has 0 bridgehead atoms. The van der Waals surface area contributed by atoms with Gasteiger partial charge in [-0.15, -0.1) is 0 Å². The van der Waals surface area contributed by atoms with Crippen molar-refractivity contribution in [3.8, 4) is 0 Å². The molecule has 0 unspecified atom stereocenters. The lowest BCUT2D eigenvalue weighted by atomic mass is 9.42. The molecule has 0 aromatic carbocycles. The van der Waals surface area contributed by atoms with Crippen LogP contribution in [0.15, 0.2) is 0 Å². The summed E-state index contributed by atoms with van der Waals surface area (Å²) in [6.07, 6.45) is 10.8. The van der Waals surface area contributed by atoms with Crippen molar-refractivity contribution in [2.45, 2.75) is 117 Å². The first-order valence-electron chi connectivity index (χ1n) is 13.0. The van der Waals surface area contributed by atoms with Gasteiger partial charge in [0.1, 0.15) is 5.60 Å². The van der Waals surface area contributed by atoms with Gasteiger partial charge < -0.3 is 10.2 Å². The predicted molar refractivity (Wildman–Crippen MR) is 121 cm³/mol. The SMILES string of the molecule is CC(C)CCC[C@@H](C)[C@@H]1CC[C@@H]2[C@H]3CC(=O)[C@@]4(O)C[C@@H](O)CC[C@]4(C)[C@@H]3CC[C@]21C. The Morgan fingerprint density at radius 3 is 2.43 bits per heavy atom. The molecule has 0 saturated heterocycles. The molecule has 0 radical (unpaired) electrons. The predicted octanol–water partition coefficient (Wildman–Crippen LogP) is 5.76. The minimum atomic E-state index is -1.30. The number of aliphatic hydroxyl groups is 2. The molecule has 30 heavy (non-hydrogen) atoms. The van der Waals surface area contributed by atoms with Crippen LogP contribution >= 0.6 is 0 Å². The molecular weight excluding hydrogens is 372 g/mol. The van der Waals surface area contributed by atoms with Crippen molar-refractivity contribution in [2.24, 2.45) is 46.3 Å². The summed E-state index contributed by atoms with van der Waals surface area (Å²) in [7, 11) is 0. The minimum Gasteiger partial charge on any atom is -0.393 e. The van der Waals surface area contributed by atoms with Gasteiger partial charge in [0.25, 0.3) is 0 Å². The molecular formula is C27H46O3. The van der Waals surface area contributed by atoms with Crippen molar-refractivity contribution in [3.63, 3.8) is 0 Å². The molecule has 0 heterocycles. The average Bonchev–Trinajstić information content (AvgIpc) is 3.01. The first kappa shape index (κ1) is 22.8. The maximum Gasteiger partial charge on any atom is 0.165 e. The second-order valence-electron chi connectivity index (χ2n) is 12.7. The lowest BCUT2D eigenvalue weighted by molar-refractivity contribution is -0.213. The Labute approximate surface area is 184 Å². The van der Waals surface area contributed by atoms with E-state index in [-0.39, 0.29) is 17.6 Å². The largest absolute Gasteiger partial charge is 0.393 e. The summed E-state index contributed by atoms with van der Waals surface area (Å²) in [6, 6.07) is 0. The first-order valence-corrected chi connectivity index (χ1v) is 13.0. The smallest absolute Gasteiger partial charge is 0.165 e. The minimum absolute atomic E-state index is 0.0303. The number of Topliss-reactive ketones (excluding diaryl/α,β-unsaturated/α-hetero) is 1. The summed E-state index contributed by atoms with van der Waals surface area (Å²) in [5, 5.41) is 21.7. The number of hydrogen-bond donors (Lipinski definition) is 2. The van der Waals surface area contributed by atoms with Crippen LogP contribution in [-0.4, -0.2) is 27.7 Å². The molecule has 4 rings (SSSR count). The van der Waals surface area contributed by atoms with Gasteiger partial charge in [-0.05, 0) is 79.4 Å². The van der Waals surface area contributed by atoms with Crippen LogP contribution in [0.4, 0.5) is 0 Å². The third-order valence-corrected chi connectivity index (χ3v) is 10.8. The van der Waals surface area contributed by atoms with Gasteiger partial charge in [0, 0.05) is 18.3 Å². The van der Waals surface area contributed by atoms with Crippen LogP contribution in [0.1, 0.15) is 105 Å². The molecule has 3 heteroatoms. The molecule has 4 aliphatic rings.